The lowest BCUT2D eigenvalue weighted by Crippen LogP contribution is -2.44. The second-order valence-corrected chi connectivity index (χ2v) is 8.65. The Morgan fingerprint density at radius 1 is 1.00 bits per heavy atom. The molecular formula is C24H30N2O2. The molecule has 0 saturated heterocycles. The van der Waals surface area contributed by atoms with Gasteiger partial charge in [0.05, 0.1) is 5.56 Å². The van der Waals surface area contributed by atoms with Crippen LogP contribution in [0.1, 0.15) is 101 Å². The Hall–Kier alpha value is -2.33. The summed E-state index contributed by atoms with van der Waals surface area (Å²) in [6.45, 7) is 3.96. The van der Waals surface area contributed by atoms with Crippen LogP contribution in [0.5, 0.6) is 5.75 Å². The molecule has 0 aliphatic heterocycles. The number of fused-ring (bicyclic) bond motifs is 3. The molecule has 0 N–H and O–H groups in total. The van der Waals surface area contributed by atoms with Gasteiger partial charge in [-0.1, -0.05) is 39.2 Å². The molecule has 4 rings (SSSR count). The quantitative estimate of drug-likeness (QED) is 0.335. The van der Waals surface area contributed by atoms with Crippen molar-refractivity contribution >= 4 is 5.97 Å². The summed E-state index contributed by atoms with van der Waals surface area (Å²) in [7, 11) is 0. The van der Waals surface area contributed by atoms with Gasteiger partial charge in [-0.05, 0) is 67.4 Å². The lowest BCUT2D eigenvalue weighted by Gasteiger charge is -2.54. The Kier molecular flexibility index (Phi) is 6.09. The van der Waals surface area contributed by atoms with Gasteiger partial charge in [0.25, 0.3) is 0 Å². The monoisotopic (exact) mass is 378 g/mol. The number of unbranched alkanes of at least 4 members (excludes halogenated alkanes) is 2. The molecule has 0 spiro atoms. The number of ether oxygens (including phenoxy) is 1. The highest BCUT2D eigenvalue weighted by molar-refractivity contribution is 5.74. The molecule has 0 heterocycles. The maximum atomic E-state index is 11.7. The predicted octanol–water partition coefficient (Wildman–Crippen LogP) is 5.92. The van der Waals surface area contributed by atoms with Gasteiger partial charge in [-0.25, -0.2) is 0 Å². The SMILES string of the molecule is CCCCCC12CCC(c3ccc(OC(=O)CC)c(C#N)c3C#N)(CC1)CC2. The van der Waals surface area contributed by atoms with Crippen LogP contribution in [0.4, 0.5) is 0 Å². The van der Waals surface area contributed by atoms with Gasteiger partial charge >= 0.3 is 5.97 Å². The van der Waals surface area contributed by atoms with Crippen molar-refractivity contribution < 1.29 is 9.53 Å². The van der Waals surface area contributed by atoms with Crippen molar-refractivity contribution in [1.82, 2.24) is 0 Å². The zero-order valence-electron chi connectivity index (χ0n) is 17.1. The van der Waals surface area contributed by atoms with Crippen LogP contribution in [0, 0.1) is 28.1 Å². The van der Waals surface area contributed by atoms with Gasteiger partial charge in [0.2, 0.25) is 0 Å². The van der Waals surface area contributed by atoms with Gasteiger partial charge in [0.15, 0.2) is 0 Å². The lowest BCUT2D eigenvalue weighted by atomic mass is 9.50. The molecule has 3 aliphatic carbocycles. The molecule has 3 fully saturated rings. The fourth-order valence-electron chi connectivity index (χ4n) is 5.32. The molecule has 2 bridgehead atoms. The van der Waals surface area contributed by atoms with E-state index < -0.39 is 5.97 Å². The van der Waals surface area contributed by atoms with E-state index in [0.29, 0.717) is 11.0 Å². The van der Waals surface area contributed by atoms with Crippen molar-refractivity contribution in [2.45, 2.75) is 89.9 Å². The van der Waals surface area contributed by atoms with Crippen molar-refractivity contribution in [1.29, 1.82) is 10.5 Å². The van der Waals surface area contributed by atoms with Crippen LogP contribution in [0.2, 0.25) is 0 Å². The number of carbonyl (C=O) groups is 1. The predicted molar refractivity (Wildman–Crippen MR) is 108 cm³/mol. The Labute approximate surface area is 168 Å². The summed E-state index contributed by atoms with van der Waals surface area (Å²) in [6.07, 6.45) is 12.4. The molecule has 0 amide bonds. The molecule has 4 nitrogen and oxygen atoms in total. The highest BCUT2D eigenvalue weighted by atomic mass is 16.5. The minimum atomic E-state index is -0.390. The molecule has 1 aromatic rings. The van der Waals surface area contributed by atoms with Gasteiger partial charge in [-0.15, -0.1) is 0 Å². The van der Waals surface area contributed by atoms with Gasteiger partial charge < -0.3 is 4.74 Å². The average molecular weight is 379 g/mol. The second kappa shape index (κ2) is 8.36. The van der Waals surface area contributed by atoms with E-state index in [9.17, 15) is 15.3 Å². The molecule has 0 aromatic heterocycles. The number of hydrogen-bond acceptors (Lipinski definition) is 4. The molecule has 4 heteroatoms. The maximum absolute atomic E-state index is 11.7. The van der Waals surface area contributed by atoms with Crippen molar-refractivity contribution in [2.24, 2.45) is 5.41 Å². The summed E-state index contributed by atoms with van der Waals surface area (Å²) in [6, 6.07) is 8.03. The molecule has 0 unspecified atom stereocenters. The minimum Gasteiger partial charge on any atom is -0.425 e. The number of rotatable bonds is 7. The highest BCUT2D eigenvalue weighted by Gasteiger charge is 2.49. The summed E-state index contributed by atoms with van der Waals surface area (Å²) in [5, 5.41) is 19.5. The summed E-state index contributed by atoms with van der Waals surface area (Å²) < 4.78 is 5.31. The third-order valence-electron chi connectivity index (χ3n) is 7.19. The van der Waals surface area contributed by atoms with Crippen molar-refractivity contribution in [2.75, 3.05) is 0 Å². The molecule has 3 saturated carbocycles. The normalized spacial score (nSPS) is 25.7. The summed E-state index contributed by atoms with van der Waals surface area (Å²) in [4.78, 5) is 11.7. The number of carbonyl (C=O) groups excluding carboxylic acids is 1. The molecule has 0 radical (unpaired) electrons. The summed E-state index contributed by atoms with van der Waals surface area (Å²) >= 11 is 0. The number of nitriles is 2. The smallest absolute Gasteiger partial charge is 0.310 e. The first kappa shape index (κ1) is 20.4. The van der Waals surface area contributed by atoms with E-state index in [1.807, 2.05) is 6.07 Å². The molecule has 3 aliphatic rings. The third kappa shape index (κ3) is 3.66. The van der Waals surface area contributed by atoms with Gasteiger partial charge in [0.1, 0.15) is 23.5 Å². The zero-order valence-corrected chi connectivity index (χ0v) is 17.1. The van der Waals surface area contributed by atoms with Crippen LogP contribution >= 0.6 is 0 Å². The molecule has 28 heavy (non-hydrogen) atoms. The molecule has 1 aromatic carbocycles. The van der Waals surface area contributed by atoms with E-state index in [1.54, 1.807) is 13.0 Å². The molecular weight excluding hydrogens is 348 g/mol. The average Bonchev–Trinajstić information content (AvgIpc) is 2.74. The summed E-state index contributed by atoms with van der Waals surface area (Å²) in [5.41, 5.74) is 2.10. The first-order valence-electron chi connectivity index (χ1n) is 10.7. The number of benzene rings is 1. The zero-order chi connectivity index (χ0) is 20.2. The van der Waals surface area contributed by atoms with E-state index >= 15 is 0 Å². The van der Waals surface area contributed by atoms with Crippen LogP contribution in [0.3, 0.4) is 0 Å². The highest BCUT2D eigenvalue weighted by Crippen LogP contribution is 2.60. The van der Waals surface area contributed by atoms with E-state index in [-0.39, 0.29) is 23.1 Å². The molecule has 0 atom stereocenters. The second-order valence-electron chi connectivity index (χ2n) is 8.65. The van der Waals surface area contributed by atoms with Gasteiger partial charge in [0, 0.05) is 6.42 Å². The molecule has 148 valence electrons. The Morgan fingerprint density at radius 3 is 2.18 bits per heavy atom. The number of esters is 1. The fraction of sp³-hybridized carbons (Fsp3) is 0.625. The van der Waals surface area contributed by atoms with Gasteiger partial charge in [-0.3, -0.25) is 4.79 Å². The number of hydrogen-bond donors (Lipinski definition) is 0. The first-order chi connectivity index (χ1) is 13.5. The van der Waals surface area contributed by atoms with Crippen molar-refractivity contribution in [3.8, 4) is 17.9 Å². The van der Waals surface area contributed by atoms with Crippen LogP contribution in [0.15, 0.2) is 12.1 Å². The Bertz CT molecular complexity index is 804. The van der Waals surface area contributed by atoms with E-state index in [2.05, 4.69) is 19.1 Å². The van der Waals surface area contributed by atoms with Crippen LogP contribution < -0.4 is 4.74 Å². The Morgan fingerprint density at radius 2 is 1.64 bits per heavy atom. The number of nitrogens with zero attached hydrogens (tertiary/aromatic N) is 2. The maximum Gasteiger partial charge on any atom is 0.310 e. The fourth-order valence-corrected chi connectivity index (χ4v) is 5.32. The largest absolute Gasteiger partial charge is 0.425 e. The van der Waals surface area contributed by atoms with E-state index in [0.717, 1.165) is 24.8 Å². The van der Waals surface area contributed by atoms with E-state index in [1.165, 1.54) is 44.9 Å². The standard InChI is InChI=1S/C24H30N2O2/c1-3-5-6-9-23-10-13-24(14-11-23,15-12-23)20-7-8-21(28-22(27)4-2)19(17-26)18(20)16-25/h7-8H,3-6,9-15H2,1-2H3. The Balaban J connectivity index is 1.88. The lowest BCUT2D eigenvalue weighted by molar-refractivity contribution is -0.134. The topological polar surface area (TPSA) is 73.9 Å². The first-order valence-corrected chi connectivity index (χ1v) is 10.7. The minimum absolute atomic E-state index is 0.00351. The van der Waals surface area contributed by atoms with Gasteiger partial charge in [-0.2, -0.15) is 10.5 Å². The van der Waals surface area contributed by atoms with Crippen molar-refractivity contribution in [3.63, 3.8) is 0 Å². The summed E-state index contributed by atoms with van der Waals surface area (Å²) in [5.74, 6) is -0.176. The van der Waals surface area contributed by atoms with Crippen molar-refractivity contribution in [3.05, 3.63) is 28.8 Å². The van der Waals surface area contributed by atoms with E-state index in [4.69, 9.17) is 4.74 Å². The third-order valence-corrected chi connectivity index (χ3v) is 7.19. The van der Waals surface area contributed by atoms with Crippen LogP contribution in [-0.4, -0.2) is 5.97 Å². The van der Waals surface area contributed by atoms with Crippen LogP contribution in [0.25, 0.3) is 0 Å². The van der Waals surface area contributed by atoms with Crippen LogP contribution in [-0.2, 0) is 10.2 Å².